The van der Waals surface area contributed by atoms with Gasteiger partial charge in [-0.15, -0.1) is 10.2 Å². The number of carbonyl (C=O) groups is 1. The summed E-state index contributed by atoms with van der Waals surface area (Å²) in [5.41, 5.74) is 1.23. The van der Waals surface area contributed by atoms with Crippen LogP contribution >= 0.6 is 50.9 Å². The van der Waals surface area contributed by atoms with Crippen molar-refractivity contribution in [2.45, 2.75) is 5.16 Å². The molecule has 4 rings (SSSR count). The van der Waals surface area contributed by atoms with Crippen molar-refractivity contribution in [1.82, 2.24) is 14.8 Å². The molecule has 0 fully saturated rings. The van der Waals surface area contributed by atoms with Gasteiger partial charge in [0.25, 0.3) is 0 Å². The molecule has 10 heteroatoms. The number of fused-ring (bicyclic) bond motifs is 1. The van der Waals surface area contributed by atoms with E-state index in [9.17, 15) is 4.79 Å². The second-order valence-corrected chi connectivity index (χ2v) is 8.74. The molecule has 4 aromatic rings. The molecule has 2 aromatic carbocycles. The fraction of sp³-hybridized carbons (Fsp3) is 0.105. The molecule has 2 aromatic heterocycles. The number of halogens is 3. The number of carbonyl (C=O) groups excluding carboxylic acids is 1. The van der Waals surface area contributed by atoms with Crippen LogP contribution in [0.1, 0.15) is 0 Å². The average Bonchev–Trinajstić information content (AvgIpc) is 3.26. The Labute approximate surface area is 188 Å². The summed E-state index contributed by atoms with van der Waals surface area (Å²) in [5.74, 6) is 1.10. The first-order valence-corrected chi connectivity index (χ1v) is 10.9. The van der Waals surface area contributed by atoms with Crippen molar-refractivity contribution in [3.05, 3.63) is 57.0 Å². The average molecular weight is 512 g/mol. The summed E-state index contributed by atoms with van der Waals surface area (Å²) in [5, 5.41) is 13.4. The van der Waals surface area contributed by atoms with Crippen LogP contribution < -0.4 is 5.32 Å². The number of rotatable bonds is 5. The topological polar surface area (TPSA) is 73.0 Å². The van der Waals surface area contributed by atoms with E-state index in [-0.39, 0.29) is 11.7 Å². The van der Waals surface area contributed by atoms with E-state index in [0.717, 1.165) is 15.4 Å². The van der Waals surface area contributed by atoms with Gasteiger partial charge in [-0.25, -0.2) is 0 Å². The Morgan fingerprint density at radius 2 is 2.07 bits per heavy atom. The maximum atomic E-state index is 12.3. The minimum Gasteiger partial charge on any atom is -0.453 e. The van der Waals surface area contributed by atoms with Gasteiger partial charge >= 0.3 is 0 Å². The van der Waals surface area contributed by atoms with Gasteiger partial charge in [-0.1, -0.05) is 57.0 Å². The summed E-state index contributed by atoms with van der Waals surface area (Å²) in [7, 11) is 1.83. The van der Waals surface area contributed by atoms with E-state index in [1.807, 2.05) is 31.3 Å². The first-order chi connectivity index (χ1) is 13.9. The fourth-order valence-corrected chi connectivity index (χ4v) is 4.13. The Hall–Kier alpha value is -2.00. The summed E-state index contributed by atoms with van der Waals surface area (Å²) < 4.78 is 8.63. The van der Waals surface area contributed by atoms with E-state index < -0.39 is 0 Å². The molecule has 148 valence electrons. The first kappa shape index (κ1) is 20.3. The number of amides is 1. The Bertz CT molecular complexity index is 1220. The molecule has 0 unspecified atom stereocenters. The van der Waals surface area contributed by atoms with Gasteiger partial charge in [-0.05, 0) is 36.4 Å². The van der Waals surface area contributed by atoms with Gasteiger partial charge in [0.2, 0.25) is 5.91 Å². The highest BCUT2D eigenvalue weighted by atomic mass is 79.9. The Balaban J connectivity index is 1.47. The normalized spacial score (nSPS) is 11.2. The Kier molecular flexibility index (Phi) is 5.87. The number of nitrogens with zero attached hydrogens (tertiary/aromatic N) is 3. The minimum atomic E-state index is -0.225. The van der Waals surface area contributed by atoms with Crippen LogP contribution in [0.3, 0.4) is 0 Å². The number of benzene rings is 2. The number of hydrogen-bond acceptors (Lipinski definition) is 5. The molecule has 0 aliphatic heterocycles. The predicted octanol–water partition coefficient (Wildman–Crippen LogP) is 6.03. The monoisotopic (exact) mass is 510 g/mol. The molecule has 0 bridgehead atoms. The van der Waals surface area contributed by atoms with E-state index in [4.69, 9.17) is 27.6 Å². The second-order valence-electron chi connectivity index (χ2n) is 6.10. The highest BCUT2D eigenvalue weighted by Gasteiger charge is 2.17. The molecule has 2 heterocycles. The zero-order valence-electron chi connectivity index (χ0n) is 14.9. The minimum absolute atomic E-state index is 0.141. The van der Waals surface area contributed by atoms with Crippen LogP contribution in [0.5, 0.6) is 0 Å². The van der Waals surface area contributed by atoms with Gasteiger partial charge in [0, 0.05) is 16.9 Å². The number of anilines is 1. The number of nitrogens with one attached hydrogen (secondary N) is 1. The Morgan fingerprint density at radius 3 is 2.90 bits per heavy atom. The van der Waals surface area contributed by atoms with Gasteiger partial charge in [0.05, 0.1) is 21.5 Å². The lowest BCUT2D eigenvalue weighted by Crippen LogP contribution is -2.14. The Morgan fingerprint density at radius 1 is 1.24 bits per heavy atom. The number of furan rings is 1. The first-order valence-electron chi connectivity index (χ1n) is 8.38. The van der Waals surface area contributed by atoms with Crippen molar-refractivity contribution in [2.75, 3.05) is 11.1 Å². The predicted molar refractivity (Wildman–Crippen MR) is 120 cm³/mol. The molecular weight excluding hydrogens is 499 g/mol. The summed E-state index contributed by atoms with van der Waals surface area (Å²) in [6.07, 6.45) is 0. The van der Waals surface area contributed by atoms with E-state index in [1.54, 1.807) is 22.8 Å². The zero-order chi connectivity index (χ0) is 20.5. The molecule has 0 saturated heterocycles. The summed E-state index contributed by atoms with van der Waals surface area (Å²) in [4.78, 5) is 12.3. The molecule has 1 amide bonds. The van der Waals surface area contributed by atoms with Crippen LogP contribution in [0.2, 0.25) is 10.0 Å². The standard InChI is InChI=1S/C19H13BrCl2N4O2S/c1-26-18(15-8-10-7-11(20)5-6-14(10)28-15)24-25-19(26)29-9-16(27)23-13-4-2-3-12(21)17(13)22/h2-8H,9H2,1H3,(H,23,27). The number of thioether (sulfide) groups is 1. The van der Waals surface area contributed by atoms with Gasteiger partial charge in [0.1, 0.15) is 5.58 Å². The van der Waals surface area contributed by atoms with E-state index in [2.05, 4.69) is 31.4 Å². The van der Waals surface area contributed by atoms with Crippen LogP contribution in [0.4, 0.5) is 5.69 Å². The van der Waals surface area contributed by atoms with E-state index in [0.29, 0.717) is 32.5 Å². The smallest absolute Gasteiger partial charge is 0.234 e. The lowest BCUT2D eigenvalue weighted by atomic mass is 10.2. The molecule has 1 N–H and O–H groups in total. The van der Waals surface area contributed by atoms with Crippen LogP contribution in [-0.4, -0.2) is 26.4 Å². The maximum Gasteiger partial charge on any atom is 0.234 e. The molecule has 0 aliphatic carbocycles. The van der Waals surface area contributed by atoms with Crippen molar-refractivity contribution in [3.8, 4) is 11.6 Å². The molecule has 0 saturated carbocycles. The van der Waals surface area contributed by atoms with Crippen LogP contribution in [0.25, 0.3) is 22.6 Å². The van der Waals surface area contributed by atoms with E-state index >= 15 is 0 Å². The zero-order valence-corrected chi connectivity index (χ0v) is 18.9. The third kappa shape index (κ3) is 4.30. The van der Waals surface area contributed by atoms with Crippen molar-refractivity contribution in [1.29, 1.82) is 0 Å². The van der Waals surface area contributed by atoms with Gasteiger partial charge in [-0.2, -0.15) is 0 Å². The lowest BCUT2D eigenvalue weighted by Gasteiger charge is -2.08. The van der Waals surface area contributed by atoms with Crippen LogP contribution in [0.15, 0.2) is 56.5 Å². The van der Waals surface area contributed by atoms with Gasteiger partial charge in [-0.3, -0.25) is 4.79 Å². The van der Waals surface area contributed by atoms with Crippen LogP contribution in [-0.2, 0) is 11.8 Å². The fourth-order valence-electron chi connectivity index (χ4n) is 2.70. The maximum absolute atomic E-state index is 12.3. The third-order valence-electron chi connectivity index (χ3n) is 4.09. The number of aromatic nitrogens is 3. The molecule has 0 aliphatic rings. The molecular formula is C19H13BrCl2N4O2S. The SMILES string of the molecule is Cn1c(SCC(=O)Nc2cccc(Cl)c2Cl)nnc1-c1cc2cc(Br)ccc2o1. The summed E-state index contributed by atoms with van der Waals surface area (Å²) in [6, 6.07) is 12.8. The van der Waals surface area contributed by atoms with Crippen molar-refractivity contribution in [2.24, 2.45) is 7.05 Å². The summed E-state index contributed by atoms with van der Waals surface area (Å²) >= 11 is 16.8. The highest BCUT2D eigenvalue weighted by molar-refractivity contribution is 9.10. The van der Waals surface area contributed by atoms with Gasteiger partial charge in [0.15, 0.2) is 16.7 Å². The summed E-state index contributed by atoms with van der Waals surface area (Å²) in [6.45, 7) is 0. The van der Waals surface area contributed by atoms with Crippen molar-refractivity contribution in [3.63, 3.8) is 0 Å². The largest absolute Gasteiger partial charge is 0.453 e. The van der Waals surface area contributed by atoms with Gasteiger partial charge < -0.3 is 14.3 Å². The van der Waals surface area contributed by atoms with Crippen molar-refractivity contribution < 1.29 is 9.21 Å². The van der Waals surface area contributed by atoms with E-state index in [1.165, 1.54) is 11.8 Å². The molecule has 29 heavy (non-hydrogen) atoms. The molecule has 0 radical (unpaired) electrons. The lowest BCUT2D eigenvalue weighted by molar-refractivity contribution is -0.113. The van der Waals surface area contributed by atoms with Crippen molar-refractivity contribution >= 4 is 73.5 Å². The molecule has 0 spiro atoms. The molecule has 0 atom stereocenters. The van der Waals surface area contributed by atoms with Crippen LogP contribution in [0, 0.1) is 0 Å². The second kappa shape index (κ2) is 8.39. The third-order valence-corrected chi connectivity index (χ3v) is 6.42. The number of hydrogen-bond donors (Lipinski definition) is 1. The quantitative estimate of drug-likeness (QED) is 0.331. The molecule has 6 nitrogen and oxygen atoms in total. The highest BCUT2D eigenvalue weighted by Crippen LogP contribution is 2.31.